The lowest BCUT2D eigenvalue weighted by molar-refractivity contribution is -0.260. The van der Waals surface area contributed by atoms with Gasteiger partial charge in [0.15, 0.2) is 6.29 Å². The van der Waals surface area contributed by atoms with E-state index in [2.05, 4.69) is 0 Å². The molecule has 0 aromatic heterocycles. The minimum atomic E-state index is -1.07. The average molecular weight is 177 g/mol. The highest BCUT2D eigenvalue weighted by molar-refractivity contribution is 4.89. The summed E-state index contributed by atoms with van der Waals surface area (Å²) in [5.41, 5.74) is 5.54. The Hall–Kier alpha value is -0.200. The van der Waals surface area contributed by atoms with Gasteiger partial charge in [-0.05, 0) is 6.92 Å². The van der Waals surface area contributed by atoms with Crippen LogP contribution in [0.25, 0.3) is 0 Å². The van der Waals surface area contributed by atoms with E-state index >= 15 is 0 Å². The average Bonchev–Trinajstić information content (AvgIpc) is 2.08. The van der Waals surface area contributed by atoms with Crippen LogP contribution in [0.1, 0.15) is 6.92 Å². The third-order valence-electron chi connectivity index (χ3n) is 2.15. The molecule has 0 bridgehead atoms. The summed E-state index contributed by atoms with van der Waals surface area (Å²) in [6.45, 7) is 1.73. The van der Waals surface area contributed by atoms with Crippen LogP contribution in [0.5, 0.6) is 0 Å². The normalized spacial score (nSPS) is 49.2. The number of nitrogens with two attached hydrogens (primary N) is 1. The monoisotopic (exact) mass is 177 g/mol. The summed E-state index contributed by atoms with van der Waals surface area (Å²) >= 11 is 0. The van der Waals surface area contributed by atoms with E-state index in [-0.39, 0.29) is 6.10 Å². The highest BCUT2D eigenvalue weighted by atomic mass is 16.7. The molecule has 0 saturated carbocycles. The van der Waals surface area contributed by atoms with Gasteiger partial charge >= 0.3 is 0 Å². The zero-order valence-corrected chi connectivity index (χ0v) is 7.18. The first kappa shape index (κ1) is 9.88. The maximum absolute atomic E-state index is 9.38. The SMILES string of the molecule is CO[C@H]1O[C@H](C)[C@@H](N)[C@H](O)[C@@H]1O. The molecule has 1 fully saturated rings. The zero-order chi connectivity index (χ0) is 9.30. The van der Waals surface area contributed by atoms with E-state index in [4.69, 9.17) is 15.2 Å². The molecule has 1 saturated heterocycles. The molecule has 1 rings (SSSR count). The van der Waals surface area contributed by atoms with Gasteiger partial charge in [0.1, 0.15) is 12.2 Å². The summed E-state index contributed by atoms with van der Waals surface area (Å²) < 4.78 is 9.98. The van der Waals surface area contributed by atoms with E-state index < -0.39 is 24.5 Å². The third kappa shape index (κ3) is 1.60. The van der Waals surface area contributed by atoms with Gasteiger partial charge < -0.3 is 25.4 Å². The van der Waals surface area contributed by atoms with Crippen LogP contribution in [0.15, 0.2) is 0 Å². The van der Waals surface area contributed by atoms with Gasteiger partial charge in [0.05, 0.1) is 12.1 Å². The van der Waals surface area contributed by atoms with Gasteiger partial charge in [-0.1, -0.05) is 0 Å². The van der Waals surface area contributed by atoms with Crippen molar-refractivity contribution in [3.05, 3.63) is 0 Å². The molecule has 72 valence electrons. The summed E-state index contributed by atoms with van der Waals surface area (Å²) in [4.78, 5) is 0. The maximum Gasteiger partial charge on any atom is 0.186 e. The first-order valence-corrected chi connectivity index (χ1v) is 3.88. The fourth-order valence-corrected chi connectivity index (χ4v) is 1.24. The lowest BCUT2D eigenvalue weighted by Crippen LogP contribution is -2.60. The Morgan fingerprint density at radius 3 is 2.42 bits per heavy atom. The van der Waals surface area contributed by atoms with Crippen molar-refractivity contribution >= 4 is 0 Å². The summed E-state index contributed by atoms with van der Waals surface area (Å²) in [5, 5.41) is 18.7. The molecule has 0 aliphatic carbocycles. The molecule has 5 atom stereocenters. The summed E-state index contributed by atoms with van der Waals surface area (Å²) in [6.07, 6.45) is -3.15. The van der Waals surface area contributed by atoms with Crippen LogP contribution in [0.4, 0.5) is 0 Å². The predicted molar refractivity (Wildman–Crippen MR) is 41.3 cm³/mol. The molecule has 5 nitrogen and oxygen atoms in total. The van der Waals surface area contributed by atoms with Crippen LogP contribution in [0.3, 0.4) is 0 Å². The second-order valence-electron chi connectivity index (χ2n) is 3.00. The molecule has 5 heteroatoms. The lowest BCUT2D eigenvalue weighted by atomic mass is 9.98. The van der Waals surface area contributed by atoms with Crippen molar-refractivity contribution in [2.45, 2.75) is 37.6 Å². The van der Waals surface area contributed by atoms with E-state index in [9.17, 15) is 10.2 Å². The summed E-state index contributed by atoms with van der Waals surface area (Å²) in [7, 11) is 1.41. The molecular weight excluding hydrogens is 162 g/mol. The van der Waals surface area contributed by atoms with Crippen LogP contribution in [-0.4, -0.2) is 48.0 Å². The van der Waals surface area contributed by atoms with Gasteiger partial charge in [-0.3, -0.25) is 0 Å². The first-order valence-electron chi connectivity index (χ1n) is 3.88. The van der Waals surface area contributed by atoms with Crippen LogP contribution in [0.2, 0.25) is 0 Å². The van der Waals surface area contributed by atoms with Crippen molar-refractivity contribution in [2.75, 3.05) is 7.11 Å². The topological polar surface area (TPSA) is 84.9 Å². The molecular formula is C7H15NO4. The smallest absolute Gasteiger partial charge is 0.186 e. The summed E-state index contributed by atoms with van der Waals surface area (Å²) in [5.74, 6) is 0. The Morgan fingerprint density at radius 2 is 1.92 bits per heavy atom. The van der Waals surface area contributed by atoms with Gasteiger partial charge in [-0.15, -0.1) is 0 Å². The van der Waals surface area contributed by atoms with Gasteiger partial charge in [0.25, 0.3) is 0 Å². The Bertz CT molecular complexity index is 150. The van der Waals surface area contributed by atoms with Crippen molar-refractivity contribution in [3.8, 4) is 0 Å². The second-order valence-corrected chi connectivity index (χ2v) is 3.00. The minimum absolute atomic E-state index is 0.312. The van der Waals surface area contributed by atoms with Crippen LogP contribution in [-0.2, 0) is 9.47 Å². The van der Waals surface area contributed by atoms with Crippen molar-refractivity contribution in [2.24, 2.45) is 5.73 Å². The number of ether oxygens (including phenoxy) is 2. The molecule has 0 aromatic carbocycles. The van der Waals surface area contributed by atoms with E-state index in [0.29, 0.717) is 0 Å². The van der Waals surface area contributed by atoms with Crippen LogP contribution in [0, 0.1) is 0 Å². The number of aliphatic hydroxyl groups excluding tert-OH is 2. The van der Waals surface area contributed by atoms with Crippen molar-refractivity contribution in [1.29, 1.82) is 0 Å². The lowest BCUT2D eigenvalue weighted by Gasteiger charge is -2.39. The van der Waals surface area contributed by atoms with E-state index in [1.807, 2.05) is 0 Å². The van der Waals surface area contributed by atoms with E-state index in [1.165, 1.54) is 7.11 Å². The molecule has 0 aromatic rings. The van der Waals surface area contributed by atoms with Gasteiger partial charge in [0, 0.05) is 7.11 Å². The Morgan fingerprint density at radius 1 is 1.33 bits per heavy atom. The number of methoxy groups -OCH3 is 1. The molecule has 1 heterocycles. The quantitative estimate of drug-likeness (QED) is 0.450. The third-order valence-corrected chi connectivity index (χ3v) is 2.15. The standard InChI is InChI=1S/C7H15NO4/c1-3-4(8)5(9)6(10)7(11-2)12-3/h3-7,9-10H,8H2,1-2H3/t3-,4-,5+,6+,7+/m1/s1. The van der Waals surface area contributed by atoms with Crippen molar-refractivity contribution < 1.29 is 19.7 Å². The number of hydrogen-bond acceptors (Lipinski definition) is 5. The zero-order valence-electron chi connectivity index (χ0n) is 7.18. The van der Waals surface area contributed by atoms with Crippen molar-refractivity contribution in [1.82, 2.24) is 0 Å². The van der Waals surface area contributed by atoms with Gasteiger partial charge in [-0.25, -0.2) is 0 Å². The van der Waals surface area contributed by atoms with E-state index in [1.54, 1.807) is 6.92 Å². The Balaban J connectivity index is 2.63. The largest absolute Gasteiger partial charge is 0.388 e. The summed E-state index contributed by atoms with van der Waals surface area (Å²) in [6, 6.07) is -0.564. The van der Waals surface area contributed by atoms with Crippen LogP contribution >= 0.6 is 0 Å². The number of hydrogen-bond donors (Lipinski definition) is 3. The molecule has 1 aliphatic heterocycles. The number of rotatable bonds is 1. The van der Waals surface area contributed by atoms with Gasteiger partial charge in [0.2, 0.25) is 0 Å². The highest BCUT2D eigenvalue weighted by Crippen LogP contribution is 2.19. The number of aliphatic hydroxyl groups is 2. The first-order chi connectivity index (χ1) is 5.57. The Labute approximate surface area is 71.1 Å². The molecule has 0 unspecified atom stereocenters. The van der Waals surface area contributed by atoms with Gasteiger partial charge in [-0.2, -0.15) is 0 Å². The highest BCUT2D eigenvalue weighted by Gasteiger charge is 2.40. The molecule has 0 radical (unpaired) electrons. The molecule has 4 N–H and O–H groups in total. The predicted octanol–water partition coefficient (Wildman–Crippen LogP) is -1.57. The maximum atomic E-state index is 9.38. The second kappa shape index (κ2) is 3.68. The molecule has 0 amide bonds. The fraction of sp³-hybridized carbons (Fsp3) is 1.00. The van der Waals surface area contributed by atoms with Crippen molar-refractivity contribution in [3.63, 3.8) is 0 Å². The minimum Gasteiger partial charge on any atom is -0.388 e. The molecule has 0 spiro atoms. The fourth-order valence-electron chi connectivity index (χ4n) is 1.24. The van der Waals surface area contributed by atoms with Crippen LogP contribution < -0.4 is 5.73 Å². The molecule has 1 aliphatic rings. The van der Waals surface area contributed by atoms with E-state index in [0.717, 1.165) is 0 Å². The molecule has 12 heavy (non-hydrogen) atoms. The Kier molecular flexibility index (Phi) is 3.03.